The lowest BCUT2D eigenvalue weighted by atomic mass is 10.1. The van der Waals surface area contributed by atoms with Crippen LogP contribution in [0.4, 0.5) is 18.9 Å². The Labute approximate surface area is 164 Å². The lowest BCUT2D eigenvalue weighted by molar-refractivity contribution is -0.138. The van der Waals surface area contributed by atoms with Gasteiger partial charge >= 0.3 is 18.0 Å². The van der Waals surface area contributed by atoms with Crippen molar-refractivity contribution in [2.45, 2.75) is 12.3 Å². The maximum absolute atomic E-state index is 13.0. The fraction of sp³-hybridized carbons (Fsp3) is 0.263. The van der Waals surface area contributed by atoms with Crippen LogP contribution in [0.1, 0.15) is 17.2 Å². The minimum absolute atomic E-state index is 0.345. The normalized spacial score (nSPS) is 12.1. The molecule has 2 amide bonds. The standard InChI is InChI=1S/C19H19F3N2O5/c1-28-15-8-7-11(9-16(15)29-2)14(25)10-23-17(26)18(27)24-13-6-4-3-5-12(13)19(20,21)22/h3-9,14,25H,10H2,1-2H3,(H,23,26)(H,24,27). The number of benzene rings is 2. The van der Waals surface area contributed by atoms with E-state index in [-0.39, 0.29) is 6.54 Å². The number of aliphatic hydroxyl groups is 1. The first kappa shape index (κ1) is 22.0. The van der Waals surface area contributed by atoms with Gasteiger partial charge in [0.1, 0.15) is 0 Å². The zero-order valence-electron chi connectivity index (χ0n) is 15.5. The molecule has 0 radical (unpaired) electrons. The minimum Gasteiger partial charge on any atom is -0.493 e. The average Bonchev–Trinajstić information content (AvgIpc) is 2.70. The van der Waals surface area contributed by atoms with Crippen molar-refractivity contribution in [2.75, 3.05) is 26.1 Å². The number of alkyl halides is 3. The number of para-hydroxylation sites is 1. The summed E-state index contributed by atoms with van der Waals surface area (Å²) in [4.78, 5) is 23.8. The molecule has 156 valence electrons. The number of amides is 2. The van der Waals surface area contributed by atoms with Crippen molar-refractivity contribution in [3.63, 3.8) is 0 Å². The zero-order valence-corrected chi connectivity index (χ0v) is 15.5. The number of rotatable bonds is 6. The fourth-order valence-corrected chi connectivity index (χ4v) is 2.47. The van der Waals surface area contributed by atoms with Crippen molar-refractivity contribution in [2.24, 2.45) is 0 Å². The van der Waals surface area contributed by atoms with Gasteiger partial charge in [-0.3, -0.25) is 9.59 Å². The van der Waals surface area contributed by atoms with Crippen molar-refractivity contribution in [1.82, 2.24) is 5.32 Å². The first-order chi connectivity index (χ1) is 13.7. The van der Waals surface area contributed by atoms with E-state index < -0.39 is 35.3 Å². The second kappa shape index (κ2) is 9.28. The number of ether oxygens (including phenoxy) is 2. The predicted octanol–water partition coefficient (Wildman–Crippen LogP) is 2.51. The molecule has 29 heavy (non-hydrogen) atoms. The molecule has 0 aliphatic rings. The van der Waals surface area contributed by atoms with E-state index in [0.717, 1.165) is 18.2 Å². The molecule has 0 aliphatic heterocycles. The topological polar surface area (TPSA) is 96.9 Å². The maximum Gasteiger partial charge on any atom is 0.418 e. The van der Waals surface area contributed by atoms with Gasteiger partial charge in [0.05, 0.1) is 31.6 Å². The Hall–Kier alpha value is -3.27. The summed E-state index contributed by atoms with van der Waals surface area (Å²) in [5, 5.41) is 14.3. The van der Waals surface area contributed by atoms with Gasteiger partial charge in [0.15, 0.2) is 11.5 Å². The highest BCUT2D eigenvalue weighted by Gasteiger charge is 2.34. The lowest BCUT2D eigenvalue weighted by Crippen LogP contribution is -2.38. The lowest BCUT2D eigenvalue weighted by Gasteiger charge is -2.15. The molecule has 3 N–H and O–H groups in total. The Balaban J connectivity index is 2.00. The summed E-state index contributed by atoms with van der Waals surface area (Å²) < 4.78 is 49.1. The average molecular weight is 412 g/mol. The molecule has 0 aliphatic carbocycles. The van der Waals surface area contributed by atoms with E-state index in [1.807, 2.05) is 5.32 Å². The second-order valence-corrected chi connectivity index (χ2v) is 5.84. The summed E-state index contributed by atoms with van der Waals surface area (Å²) in [7, 11) is 2.86. The van der Waals surface area contributed by atoms with Crippen molar-refractivity contribution in [3.8, 4) is 11.5 Å². The van der Waals surface area contributed by atoms with E-state index in [1.54, 1.807) is 6.07 Å². The van der Waals surface area contributed by atoms with Crippen LogP contribution in [0, 0.1) is 0 Å². The molecule has 2 aromatic carbocycles. The number of carbonyl (C=O) groups is 2. The SMILES string of the molecule is COc1ccc(C(O)CNC(=O)C(=O)Nc2ccccc2C(F)(F)F)cc1OC. The Bertz CT molecular complexity index is 886. The van der Waals surface area contributed by atoms with Gasteiger partial charge in [0, 0.05) is 6.54 Å². The summed E-state index contributed by atoms with van der Waals surface area (Å²) in [5.41, 5.74) is -1.24. The molecule has 10 heteroatoms. The third-order valence-corrected chi connectivity index (χ3v) is 3.94. The highest BCUT2D eigenvalue weighted by Crippen LogP contribution is 2.34. The molecule has 2 aromatic rings. The van der Waals surface area contributed by atoms with E-state index in [9.17, 15) is 27.9 Å². The van der Waals surface area contributed by atoms with Gasteiger partial charge in [-0.1, -0.05) is 18.2 Å². The van der Waals surface area contributed by atoms with E-state index in [0.29, 0.717) is 17.1 Å². The summed E-state index contributed by atoms with van der Waals surface area (Å²) in [5.74, 6) is -1.69. The van der Waals surface area contributed by atoms with E-state index >= 15 is 0 Å². The number of carbonyl (C=O) groups excluding carboxylic acids is 2. The van der Waals surface area contributed by atoms with E-state index in [4.69, 9.17) is 9.47 Å². The molecule has 0 spiro atoms. The number of hydrogen-bond donors (Lipinski definition) is 3. The molecule has 0 saturated carbocycles. The number of halogens is 3. The highest BCUT2D eigenvalue weighted by molar-refractivity contribution is 6.39. The Kier molecular flexibility index (Phi) is 7.05. The van der Waals surface area contributed by atoms with Crippen LogP contribution in [0.5, 0.6) is 11.5 Å². The first-order valence-electron chi connectivity index (χ1n) is 8.32. The third kappa shape index (κ3) is 5.61. The summed E-state index contributed by atoms with van der Waals surface area (Å²) >= 11 is 0. The van der Waals surface area contributed by atoms with E-state index in [1.165, 1.54) is 32.4 Å². The highest BCUT2D eigenvalue weighted by atomic mass is 19.4. The van der Waals surface area contributed by atoms with Crippen molar-refractivity contribution in [1.29, 1.82) is 0 Å². The number of hydrogen-bond acceptors (Lipinski definition) is 5. The number of aliphatic hydroxyl groups excluding tert-OH is 1. The molecule has 0 saturated heterocycles. The van der Waals surface area contributed by atoms with Crippen molar-refractivity contribution >= 4 is 17.5 Å². The molecule has 0 fully saturated rings. The molecule has 2 rings (SSSR count). The Morgan fingerprint density at radius 3 is 2.31 bits per heavy atom. The monoisotopic (exact) mass is 412 g/mol. The molecule has 1 unspecified atom stereocenters. The molecule has 1 atom stereocenters. The second-order valence-electron chi connectivity index (χ2n) is 5.84. The summed E-state index contributed by atoms with van der Waals surface area (Å²) in [6, 6.07) is 8.87. The number of methoxy groups -OCH3 is 2. The fourth-order valence-electron chi connectivity index (χ4n) is 2.47. The molecule has 0 bridgehead atoms. The summed E-state index contributed by atoms with van der Waals surface area (Å²) in [6.07, 6.45) is -5.88. The van der Waals surface area contributed by atoms with Gasteiger partial charge in [-0.25, -0.2) is 0 Å². The maximum atomic E-state index is 13.0. The van der Waals surface area contributed by atoms with Crippen LogP contribution in [0.25, 0.3) is 0 Å². The van der Waals surface area contributed by atoms with Gasteiger partial charge in [-0.2, -0.15) is 13.2 Å². The van der Waals surface area contributed by atoms with Gasteiger partial charge in [-0.05, 0) is 29.8 Å². The van der Waals surface area contributed by atoms with Gasteiger partial charge in [-0.15, -0.1) is 0 Å². The van der Waals surface area contributed by atoms with Crippen LogP contribution in [0.2, 0.25) is 0 Å². The molecular formula is C19H19F3N2O5. The smallest absolute Gasteiger partial charge is 0.418 e. The Morgan fingerprint density at radius 1 is 1.03 bits per heavy atom. The minimum atomic E-state index is -4.69. The molecule has 7 nitrogen and oxygen atoms in total. The van der Waals surface area contributed by atoms with E-state index in [2.05, 4.69) is 5.32 Å². The van der Waals surface area contributed by atoms with Crippen LogP contribution in [-0.2, 0) is 15.8 Å². The van der Waals surface area contributed by atoms with Crippen LogP contribution in [0.3, 0.4) is 0 Å². The quantitative estimate of drug-likeness (QED) is 0.634. The molecule has 0 heterocycles. The largest absolute Gasteiger partial charge is 0.493 e. The number of anilines is 1. The van der Waals surface area contributed by atoms with Gasteiger partial charge < -0.3 is 25.2 Å². The van der Waals surface area contributed by atoms with Crippen molar-refractivity contribution < 1.29 is 37.3 Å². The molecular weight excluding hydrogens is 393 g/mol. The Morgan fingerprint density at radius 2 is 1.69 bits per heavy atom. The van der Waals surface area contributed by atoms with Crippen LogP contribution >= 0.6 is 0 Å². The zero-order chi connectivity index (χ0) is 21.6. The third-order valence-electron chi connectivity index (χ3n) is 3.94. The van der Waals surface area contributed by atoms with Crippen LogP contribution in [0.15, 0.2) is 42.5 Å². The van der Waals surface area contributed by atoms with Crippen LogP contribution < -0.4 is 20.1 Å². The van der Waals surface area contributed by atoms with Gasteiger partial charge in [0.25, 0.3) is 0 Å². The molecule has 0 aromatic heterocycles. The number of nitrogens with one attached hydrogen (secondary N) is 2. The predicted molar refractivity (Wildman–Crippen MR) is 97.6 cm³/mol. The van der Waals surface area contributed by atoms with Gasteiger partial charge in [0.2, 0.25) is 0 Å². The van der Waals surface area contributed by atoms with Crippen molar-refractivity contribution in [3.05, 3.63) is 53.6 Å². The van der Waals surface area contributed by atoms with Crippen LogP contribution in [-0.4, -0.2) is 37.7 Å². The summed E-state index contributed by atoms with van der Waals surface area (Å²) in [6.45, 7) is -0.345. The first-order valence-corrected chi connectivity index (χ1v) is 8.32.